The molecule has 2 heterocycles. The van der Waals surface area contributed by atoms with Gasteiger partial charge in [0.2, 0.25) is 0 Å². The van der Waals surface area contributed by atoms with Gasteiger partial charge < -0.3 is 19.5 Å². The second kappa shape index (κ2) is 7.74. The van der Waals surface area contributed by atoms with Gasteiger partial charge in [0.1, 0.15) is 11.9 Å². The topological polar surface area (TPSA) is 46.5 Å². The van der Waals surface area contributed by atoms with E-state index in [1.165, 1.54) is 0 Å². The van der Waals surface area contributed by atoms with Gasteiger partial charge in [-0.3, -0.25) is 4.79 Å². The van der Waals surface area contributed by atoms with Crippen molar-refractivity contribution in [3.05, 3.63) is 48.3 Å². The van der Waals surface area contributed by atoms with E-state index in [1.54, 1.807) is 7.05 Å². The minimum Gasteiger partial charge on any atom is -0.490 e. The fourth-order valence-corrected chi connectivity index (χ4v) is 3.24. The third kappa shape index (κ3) is 4.23. The number of aromatic nitrogens is 1. The number of carbonyl (C=O) groups is 1. The van der Waals surface area contributed by atoms with Crippen LogP contribution < -0.4 is 10.1 Å². The number of nitrogens with one attached hydrogen (secondary N) is 1. The zero-order chi connectivity index (χ0) is 17.8. The standard InChI is InChI=1S/C20H27N3O2/c1-15(2)22-12-9-19(10-13-22)25-18-6-4-17(5-7-18)23-11-8-16(14-23)20(24)21-3/h4-8,11,14-15,19H,9-10,12-13H2,1-3H3,(H,21,24). The van der Waals surface area contributed by atoms with Crippen molar-refractivity contribution >= 4 is 5.91 Å². The predicted molar refractivity (Wildman–Crippen MR) is 99.5 cm³/mol. The molecule has 0 saturated carbocycles. The molecule has 0 atom stereocenters. The highest BCUT2D eigenvalue weighted by atomic mass is 16.5. The van der Waals surface area contributed by atoms with Gasteiger partial charge in [-0.25, -0.2) is 0 Å². The molecular formula is C20H27N3O2. The van der Waals surface area contributed by atoms with Crippen LogP contribution in [0.4, 0.5) is 0 Å². The highest BCUT2D eigenvalue weighted by Gasteiger charge is 2.21. The Morgan fingerprint density at radius 1 is 1.16 bits per heavy atom. The minimum atomic E-state index is -0.0774. The Bertz CT molecular complexity index is 698. The molecule has 5 heteroatoms. The van der Waals surface area contributed by atoms with Crippen LogP contribution in [0, 0.1) is 0 Å². The third-order valence-corrected chi connectivity index (χ3v) is 4.83. The average Bonchev–Trinajstić information content (AvgIpc) is 3.12. The molecule has 0 aliphatic carbocycles. The average molecular weight is 341 g/mol. The molecule has 25 heavy (non-hydrogen) atoms. The van der Waals surface area contributed by atoms with Gasteiger partial charge in [0.15, 0.2) is 0 Å². The van der Waals surface area contributed by atoms with Gasteiger partial charge in [0.05, 0.1) is 5.56 Å². The van der Waals surface area contributed by atoms with Crippen molar-refractivity contribution in [3.63, 3.8) is 0 Å². The predicted octanol–water partition coefficient (Wildman–Crippen LogP) is 3.09. The smallest absolute Gasteiger partial charge is 0.252 e. The Balaban J connectivity index is 1.59. The first-order valence-electron chi connectivity index (χ1n) is 8.98. The van der Waals surface area contributed by atoms with E-state index in [0.717, 1.165) is 37.4 Å². The first-order chi connectivity index (χ1) is 12.1. The minimum absolute atomic E-state index is 0.0774. The van der Waals surface area contributed by atoms with Gasteiger partial charge in [-0.2, -0.15) is 0 Å². The molecule has 5 nitrogen and oxygen atoms in total. The van der Waals surface area contributed by atoms with Crippen LogP contribution in [0.5, 0.6) is 5.75 Å². The van der Waals surface area contributed by atoms with Gasteiger partial charge in [-0.05, 0) is 57.0 Å². The van der Waals surface area contributed by atoms with Crippen LogP contribution in [-0.2, 0) is 0 Å². The van der Waals surface area contributed by atoms with Crippen LogP contribution in [-0.4, -0.2) is 47.7 Å². The van der Waals surface area contributed by atoms with E-state index < -0.39 is 0 Å². The molecule has 0 bridgehead atoms. The molecule has 0 unspecified atom stereocenters. The summed E-state index contributed by atoms with van der Waals surface area (Å²) in [5, 5.41) is 2.63. The zero-order valence-corrected chi connectivity index (χ0v) is 15.2. The van der Waals surface area contributed by atoms with Crippen molar-refractivity contribution < 1.29 is 9.53 Å². The largest absolute Gasteiger partial charge is 0.490 e. The summed E-state index contributed by atoms with van der Waals surface area (Å²) in [7, 11) is 1.64. The molecule has 1 saturated heterocycles. The van der Waals surface area contributed by atoms with Crippen LogP contribution in [0.25, 0.3) is 5.69 Å². The van der Waals surface area contributed by atoms with Gasteiger partial charge in [-0.15, -0.1) is 0 Å². The quantitative estimate of drug-likeness (QED) is 0.909. The molecule has 1 aromatic heterocycles. The zero-order valence-electron chi connectivity index (χ0n) is 15.2. The maximum absolute atomic E-state index is 11.7. The maximum atomic E-state index is 11.7. The number of hydrogen-bond acceptors (Lipinski definition) is 3. The normalized spacial score (nSPS) is 16.2. The van der Waals surface area contributed by atoms with Crippen molar-refractivity contribution in [3.8, 4) is 11.4 Å². The first kappa shape index (κ1) is 17.5. The fourth-order valence-electron chi connectivity index (χ4n) is 3.24. The number of nitrogens with zero attached hydrogens (tertiary/aromatic N) is 2. The van der Waals surface area contributed by atoms with Crippen molar-refractivity contribution in [2.24, 2.45) is 0 Å². The summed E-state index contributed by atoms with van der Waals surface area (Å²) in [6, 6.07) is 10.5. The summed E-state index contributed by atoms with van der Waals surface area (Å²) in [6.45, 7) is 6.70. The van der Waals surface area contributed by atoms with E-state index in [1.807, 2.05) is 47.3 Å². The number of amides is 1. The van der Waals surface area contributed by atoms with Crippen molar-refractivity contribution in [2.75, 3.05) is 20.1 Å². The molecular weight excluding hydrogens is 314 g/mol. The third-order valence-electron chi connectivity index (χ3n) is 4.83. The number of carbonyl (C=O) groups excluding carboxylic acids is 1. The molecule has 0 spiro atoms. The van der Waals surface area contributed by atoms with Crippen molar-refractivity contribution in [2.45, 2.75) is 38.8 Å². The lowest BCUT2D eigenvalue weighted by Gasteiger charge is -2.34. The summed E-state index contributed by atoms with van der Waals surface area (Å²) in [4.78, 5) is 14.1. The number of ether oxygens (including phenoxy) is 1. The molecule has 3 rings (SSSR count). The lowest BCUT2D eigenvalue weighted by Crippen LogP contribution is -2.41. The van der Waals surface area contributed by atoms with E-state index in [4.69, 9.17) is 4.74 Å². The van der Waals surface area contributed by atoms with Crippen molar-refractivity contribution in [1.29, 1.82) is 0 Å². The molecule has 1 aliphatic rings. The highest BCUT2D eigenvalue weighted by molar-refractivity contribution is 5.93. The monoisotopic (exact) mass is 341 g/mol. The second-order valence-electron chi connectivity index (χ2n) is 6.83. The van der Waals surface area contributed by atoms with Gasteiger partial charge in [0.25, 0.3) is 5.91 Å². The highest BCUT2D eigenvalue weighted by Crippen LogP contribution is 2.22. The molecule has 1 aliphatic heterocycles. The van der Waals surface area contributed by atoms with Crippen LogP contribution in [0.15, 0.2) is 42.7 Å². The summed E-state index contributed by atoms with van der Waals surface area (Å²) < 4.78 is 8.07. The number of rotatable bonds is 5. The van der Waals surface area contributed by atoms with Gasteiger partial charge >= 0.3 is 0 Å². The fraction of sp³-hybridized carbons (Fsp3) is 0.450. The van der Waals surface area contributed by atoms with Gasteiger partial charge in [-0.1, -0.05) is 0 Å². The number of likely N-dealkylation sites (tertiary alicyclic amines) is 1. The van der Waals surface area contributed by atoms with E-state index in [2.05, 4.69) is 24.1 Å². The number of benzene rings is 1. The van der Waals surface area contributed by atoms with Gasteiger partial charge in [0, 0.05) is 44.3 Å². The molecule has 1 fully saturated rings. The Hall–Kier alpha value is -2.27. The van der Waals surface area contributed by atoms with Crippen LogP contribution in [0.3, 0.4) is 0 Å². The van der Waals surface area contributed by atoms with E-state index in [-0.39, 0.29) is 5.91 Å². The molecule has 1 amide bonds. The number of hydrogen-bond donors (Lipinski definition) is 1. The Labute approximate surface area is 149 Å². The summed E-state index contributed by atoms with van der Waals surface area (Å²) in [5.41, 5.74) is 1.66. The lowest BCUT2D eigenvalue weighted by molar-refractivity contribution is 0.0843. The summed E-state index contributed by atoms with van der Waals surface area (Å²) in [6.07, 6.45) is 6.17. The molecule has 134 valence electrons. The second-order valence-corrected chi connectivity index (χ2v) is 6.83. The SMILES string of the molecule is CNC(=O)c1ccn(-c2ccc(OC3CCN(C(C)C)CC3)cc2)c1. The lowest BCUT2D eigenvalue weighted by atomic mass is 10.1. The van der Waals surface area contributed by atoms with E-state index in [0.29, 0.717) is 17.7 Å². The van der Waals surface area contributed by atoms with Crippen LogP contribution in [0.2, 0.25) is 0 Å². The molecule has 1 N–H and O–H groups in total. The Kier molecular flexibility index (Phi) is 5.43. The Morgan fingerprint density at radius 3 is 2.44 bits per heavy atom. The molecule has 1 aromatic carbocycles. The van der Waals surface area contributed by atoms with E-state index in [9.17, 15) is 4.79 Å². The van der Waals surface area contributed by atoms with Crippen LogP contribution in [0.1, 0.15) is 37.0 Å². The Morgan fingerprint density at radius 2 is 1.84 bits per heavy atom. The number of piperidine rings is 1. The molecule has 2 aromatic rings. The molecule has 0 radical (unpaired) electrons. The van der Waals surface area contributed by atoms with Crippen molar-refractivity contribution in [1.82, 2.24) is 14.8 Å². The first-order valence-corrected chi connectivity index (χ1v) is 8.98. The van der Waals surface area contributed by atoms with E-state index >= 15 is 0 Å². The maximum Gasteiger partial charge on any atom is 0.252 e. The van der Waals surface area contributed by atoms with Crippen LogP contribution >= 0.6 is 0 Å². The summed E-state index contributed by atoms with van der Waals surface area (Å²) in [5.74, 6) is 0.830. The summed E-state index contributed by atoms with van der Waals surface area (Å²) >= 11 is 0.